The number of esters is 2. The summed E-state index contributed by atoms with van der Waals surface area (Å²) in [4.78, 5) is 35.0. The van der Waals surface area contributed by atoms with Crippen LogP contribution in [-0.2, 0) is 32.7 Å². The zero-order chi connectivity index (χ0) is 35.1. The molecule has 2 atom stereocenters. The lowest BCUT2D eigenvalue weighted by Crippen LogP contribution is -2.37. The number of likely N-dealkylation sites (N-methyl/N-ethyl adjacent to an activating group) is 1. The Labute approximate surface area is 288 Å². The van der Waals surface area contributed by atoms with Gasteiger partial charge in [-0.15, -0.1) is 0 Å². The smallest absolute Gasteiger partial charge is 0.462 e. The molecule has 0 aliphatic rings. The minimum atomic E-state index is -4.36. The van der Waals surface area contributed by atoms with Crippen molar-refractivity contribution in [2.24, 2.45) is 0 Å². The lowest BCUT2D eigenvalue weighted by molar-refractivity contribution is -0.870. The van der Waals surface area contributed by atoms with E-state index < -0.39 is 26.5 Å². The van der Waals surface area contributed by atoms with Gasteiger partial charge in [0.1, 0.15) is 19.8 Å². The van der Waals surface area contributed by atoms with Crippen molar-refractivity contribution < 1.29 is 42.1 Å². The molecule has 9 nitrogen and oxygen atoms in total. The first-order valence-corrected chi connectivity index (χ1v) is 20.4. The summed E-state index contributed by atoms with van der Waals surface area (Å²) in [6.45, 7) is 4.36. The van der Waals surface area contributed by atoms with Gasteiger partial charge in [-0.05, 0) is 38.5 Å². The van der Waals surface area contributed by atoms with Crippen LogP contribution in [0.3, 0.4) is 0 Å². The third kappa shape index (κ3) is 34.4. The fraction of sp³-hybridized carbons (Fsp3) is 0.892. The van der Waals surface area contributed by atoms with Crippen molar-refractivity contribution in [3.63, 3.8) is 0 Å². The molecule has 0 rings (SSSR count). The number of nitrogens with zero attached hydrogens (tertiary/aromatic N) is 1. The van der Waals surface area contributed by atoms with Gasteiger partial charge >= 0.3 is 19.8 Å². The van der Waals surface area contributed by atoms with Crippen LogP contribution in [0.25, 0.3) is 0 Å². The molecule has 0 aromatic carbocycles. The standard InChI is InChI=1S/C37H72NO8P/c1-6-8-10-12-14-16-17-18-19-20-21-22-24-26-28-30-37(40)46-35(34-45-47(41,42)44-32-31-38(3,4)5)33-43-36(39)29-27-25-23-15-13-11-9-7-2/h20-21,35H,6-19,22-34H2,1-5H3/p+1/b21-20+/t35-/m1/s1. The number of hydrogen-bond acceptors (Lipinski definition) is 7. The molecular formula is C37H73NO8P+. The molecule has 10 heteroatoms. The van der Waals surface area contributed by atoms with E-state index in [9.17, 15) is 19.0 Å². The summed E-state index contributed by atoms with van der Waals surface area (Å²) in [5, 5.41) is 0. The van der Waals surface area contributed by atoms with E-state index in [1.54, 1.807) is 0 Å². The van der Waals surface area contributed by atoms with E-state index in [0.717, 1.165) is 44.9 Å². The molecule has 0 saturated carbocycles. The topological polar surface area (TPSA) is 108 Å². The third-order valence-electron chi connectivity index (χ3n) is 8.05. The van der Waals surface area contributed by atoms with E-state index >= 15 is 0 Å². The summed E-state index contributed by atoms with van der Waals surface area (Å²) in [5.41, 5.74) is 0. The minimum absolute atomic E-state index is 0.0315. The van der Waals surface area contributed by atoms with Crippen LogP contribution < -0.4 is 0 Å². The summed E-state index contributed by atoms with van der Waals surface area (Å²) in [6.07, 6.45) is 28.4. The number of allylic oxidation sites excluding steroid dienone is 2. The largest absolute Gasteiger partial charge is 0.472 e. The summed E-state index contributed by atoms with van der Waals surface area (Å²) < 4.78 is 34.0. The van der Waals surface area contributed by atoms with Gasteiger partial charge in [0.15, 0.2) is 6.10 Å². The predicted molar refractivity (Wildman–Crippen MR) is 192 cm³/mol. The molecule has 1 N–H and O–H groups in total. The van der Waals surface area contributed by atoms with Crippen LogP contribution >= 0.6 is 7.82 Å². The fourth-order valence-corrected chi connectivity index (χ4v) is 5.75. The Morgan fingerprint density at radius 1 is 0.638 bits per heavy atom. The van der Waals surface area contributed by atoms with Crippen LogP contribution in [0.15, 0.2) is 12.2 Å². The van der Waals surface area contributed by atoms with Crippen LogP contribution in [-0.4, -0.2) is 74.9 Å². The molecule has 0 amide bonds. The van der Waals surface area contributed by atoms with Crippen LogP contribution in [0.4, 0.5) is 0 Å². The summed E-state index contributed by atoms with van der Waals surface area (Å²) >= 11 is 0. The summed E-state index contributed by atoms with van der Waals surface area (Å²) in [6, 6.07) is 0. The average Bonchev–Trinajstić information content (AvgIpc) is 3.01. The van der Waals surface area contributed by atoms with E-state index in [0.29, 0.717) is 17.4 Å². The lowest BCUT2D eigenvalue weighted by atomic mass is 10.1. The highest BCUT2D eigenvalue weighted by Crippen LogP contribution is 2.43. The van der Waals surface area contributed by atoms with Gasteiger partial charge in [0.25, 0.3) is 0 Å². The molecule has 0 saturated heterocycles. The molecule has 0 aromatic heterocycles. The number of quaternary nitrogens is 1. The van der Waals surface area contributed by atoms with Gasteiger partial charge in [-0.3, -0.25) is 18.6 Å². The van der Waals surface area contributed by atoms with Gasteiger partial charge in [-0.2, -0.15) is 0 Å². The molecule has 0 bridgehead atoms. The van der Waals surface area contributed by atoms with Crippen LogP contribution in [0.1, 0.15) is 162 Å². The van der Waals surface area contributed by atoms with Crippen molar-refractivity contribution in [2.75, 3.05) is 47.5 Å². The van der Waals surface area contributed by atoms with Gasteiger partial charge in [0.2, 0.25) is 0 Å². The summed E-state index contributed by atoms with van der Waals surface area (Å²) in [5.74, 6) is -0.819. The van der Waals surface area contributed by atoms with E-state index in [1.807, 2.05) is 21.1 Å². The normalized spacial score (nSPS) is 13.9. The Balaban J connectivity index is 4.43. The van der Waals surface area contributed by atoms with E-state index in [2.05, 4.69) is 26.0 Å². The Kier molecular flexibility index (Phi) is 30.0. The second kappa shape index (κ2) is 30.8. The number of carbonyl (C=O) groups excluding carboxylic acids is 2. The number of ether oxygens (including phenoxy) is 2. The van der Waals surface area contributed by atoms with E-state index in [1.165, 1.54) is 83.5 Å². The molecule has 0 aliphatic heterocycles. The number of phosphoric acid groups is 1. The van der Waals surface area contributed by atoms with Crippen molar-refractivity contribution >= 4 is 19.8 Å². The molecule has 0 spiro atoms. The van der Waals surface area contributed by atoms with Gasteiger partial charge in [-0.1, -0.05) is 122 Å². The highest BCUT2D eigenvalue weighted by atomic mass is 31.2. The van der Waals surface area contributed by atoms with E-state index in [4.69, 9.17) is 18.5 Å². The molecule has 0 aliphatic carbocycles. The molecule has 0 fully saturated rings. The Morgan fingerprint density at radius 3 is 1.60 bits per heavy atom. The Morgan fingerprint density at radius 2 is 1.09 bits per heavy atom. The molecular weight excluding hydrogens is 617 g/mol. The first-order chi connectivity index (χ1) is 22.5. The number of unbranched alkanes of at least 4 members (excludes halogenated alkanes) is 18. The third-order valence-corrected chi connectivity index (χ3v) is 9.03. The maximum atomic E-state index is 12.6. The zero-order valence-corrected chi connectivity index (χ0v) is 31.9. The maximum Gasteiger partial charge on any atom is 0.472 e. The summed E-state index contributed by atoms with van der Waals surface area (Å²) in [7, 11) is 1.47. The first-order valence-electron chi connectivity index (χ1n) is 18.9. The van der Waals surface area contributed by atoms with Crippen molar-refractivity contribution in [3.05, 3.63) is 12.2 Å². The van der Waals surface area contributed by atoms with Crippen LogP contribution in [0.2, 0.25) is 0 Å². The Bertz CT molecular complexity index is 830. The highest BCUT2D eigenvalue weighted by molar-refractivity contribution is 7.47. The monoisotopic (exact) mass is 691 g/mol. The second-order valence-electron chi connectivity index (χ2n) is 14.0. The van der Waals surface area contributed by atoms with Crippen molar-refractivity contribution in [2.45, 2.75) is 168 Å². The predicted octanol–water partition coefficient (Wildman–Crippen LogP) is 9.85. The van der Waals surface area contributed by atoms with Crippen molar-refractivity contribution in [3.8, 4) is 0 Å². The second-order valence-corrected chi connectivity index (χ2v) is 15.4. The number of phosphoric ester groups is 1. The van der Waals surface area contributed by atoms with Crippen molar-refractivity contribution in [1.29, 1.82) is 0 Å². The first kappa shape index (κ1) is 45.8. The zero-order valence-electron chi connectivity index (χ0n) is 31.0. The number of carbonyl (C=O) groups is 2. The SMILES string of the molecule is CCCCCCCCCC/C=C/CCCCCC(=O)O[C@H](COC(=O)CCCCCCCCCC)COP(=O)(O)OCC[N+](C)(C)C. The number of rotatable bonds is 34. The molecule has 1 unspecified atom stereocenters. The molecule has 278 valence electrons. The van der Waals surface area contributed by atoms with Gasteiger partial charge in [-0.25, -0.2) is 4.57 Å². The van der Waals surface area contributed by atoms with Crippen LogP contribution in [0, 0.1) is 0 Å². The van der Waals surface area contributed by atoms with Crippen LogP contribution in [0.5, 0.6) is 0 Å². The minimum Gasteiger partial charge on any atom is -0.462 e. The average molecular weight is 691 g/mol. The maximum absolute atomic E-state index is 12.6. The van der Waals surface area contributed by atoms with Crippen molar-refractivity contribution in [1.82, 2.24) is 0 Å². The highest BCUT2D eigenvalue weighted by Gasteiger charge is 2.27. The fourth-order valence-electron chi connectivity index (χ4n) is 5.01. The number of hydrogen-bond donors (Lipinski definition) is 1. The Hall–Kier alpha value is -1.25. The van der Waals surface area contributed by atoms with Gasteiger partial charge < -0.3 is 18.9 Å². The molecule has 0 aromatic rings. The lowest BCUT2D eigenvalue weighted by Gasteiger charge is -2.24. The molecule has 0 radical (unpaired) electrons. The quantitative estimate of drug-likeness (QED) is 0.0234. The van der Waals surface area contributed by atoms with Gasteiger partial charge in [0.05, 0.1) is 27.7 Å². The van der Waals surface area contributed by atoms with E-state index in [-0.39, 0.29) is 32.0 Å². The molecule has 47 heavy (non-hydrogen) atoms. The molecule has 0 heterocycles. The van der Waals surface area contributed by atoms with Gasteiger partial charge in [0, 0.05) is 12.8 Å².